The van der Waals surface area contributed by atoms with Crippen LogP contribution in [0.2, 0.25) is 0 Å². The molecule has 2 rings (SSSR count). The van der Waals surface area contributed by atoms with Gasteiger partial charge >= 0.3 is 0 Å². The molecule has 90 valence electrons. The van der Waals surface area contributed by atoms with E-state index in [0.29, 0.717) is 11.5 Å². The normalized spacial score (nSPS) is 13.4. The van der Waals surface area contributed by atoms with Crippen LogP contribution in [-0.4, -0.2) is 21.0 Å². The van der Waals surface area contributed by atoms with Crippen LogP contribution in [0.1, 0.15) is 5.56 Å². The molecule has 1 aliphatic rings. The molecule has 1 aromatic rings. The quantitative estimate of drug-likeness (QED) is 0.838. The summed E-state index contributed by atoms with van der Waals surface area (Å²) in [4.78, 5) is 0. The molecule has 1 heterocycles. The second-order valence-corrected chi connectivity index (χ2v) is 5.23. The fourth-order valence-electron chi connectivity index (χ4n) is 1.38. The molecule has 0 spiro atoms. The molecule has 17 heavy (non-hydrogen) atoms. The van der Waals surface area contributed by atoms with E-state index in [-0.39, 0.29) is 13.3 Å². The summed E-state index contributed by atoms with van der Waals surface area (Å²) in [6.07, 6.45) is 0. The van der Waals surface area contributed by atoms with E-state index in [4.69, 9.17) is 14.7 Å². The number of rotatable bonds is 4. The number of benzene rings is 1. The van der Waals surface area contributed by atoms with Gasteiger partial charge in [0.1, 0.15) is 0 Å². The third kappa shape index (κ3) is 2.87. The molecule has 1 aromatic carbocycles. The lowest BCUT2D eigenvalue weighted by atomic mass is 10.2. The summed E-state index contributed by atoms with van der Waals surface area (Å²) in [5, 5.41) is 8.32. The Labute approximate surface area is 98.8 Å². The zero-order valence-electron chi connectivity index (χ0n) is 8.84. The van der Waals surface area contributed by atoms with Crippen molar-refractivity contribution in [3.05, 3.63) is 23.8 Å². The molecular weight excluding hydrogens is 244 g/mol. The molecule has 0 aliphatic carbocycles. The Hall–Kier alpha value is -1.78. The van der Waals surface area contributed by atoms with Crippen molar-refractivity contribution < 1.29 is 17.9 Å². The molecule has 1 aliphatic heterocycles. The van der Waals surface area contributed by atoms with Crippen molar-refractivity contribution in [2.45, 2.75) is 6.54 Å². The first kappa shape index (κ1) is 11.7. The van der Waals surface area contributed by atoms with E-state index in [0.717, 1.165) is 5.56 Å². The van der Waals surface area contributed by atoms with Crippen LogP contribution in [0.3, 0.4) is 0 Å². The van der Waals surface area contributed by atoms with Crippen LogP contribution >= 0.6 is 0 Å². The van der Waals surface area contributed by atoms with E-state index in [1.54, 1.807) is 24.3 Å². The largest absolute Gasteiger partial charge is 0.454 e. The summed E-state index contributed by atoms with van der Waals surface area (Å²) in [7, 11) is -3.53. The van der Waals surface area contributed by atoms with Crippen molar-refractivity contribution in [2.24, 2.45) is 0 Å². The molecule has 1 N–H and O–H groups in total. The van der Waals surface area contributed by atoms with Gasteiger partial charge in [0.15, 0.2) is 17.3 Å². The molecule has 0 amide bonds. The molecule has 7 heteroatoms. The van der Waals surface area contributed by atoms with Crippen LogP contribution in [0.25, 0.3) is 0 Å². The molecular formula is C10H10N2O4S. The van der Waals surface area contributed by atoms with E-state index in [9.17, 15) is 8.42 Å². The van der Waals surface area contributed by atoms with Crippen molar-refractivity contribution >= 4 is 10.0 Å². The van der Waals surface area contributed by atoms with Gasteiger partial charge in [0, 0.05) is 6.54 Å². The van der Waals surface area contributed by atoms with Crippen molar-refractivity contribution in [2.75, 3.05) is 12.5 Å². The van der Waals surface area contributed by atoms with E-state index in [2.05, 4.69) is 4.72 Å². The topological polar surface area (TPSA) is 88.4 Å². The molecule has 0 bridgehead atoms. The van der Waals surface area contributed by atoms with Gasteiger partial charge in [-0.1, -0.05) is 6.07 Å². The Kier molecular flexibility index (Phi) is 3.17. The molecule has 0 saturated carbocycles. The summed E-state index contributed by atoms with van der Waals surface area (Å²) in [5.74, 6) is 0.702. The van der Waals surface area contributed by atoms with E-state index in [1.165, 1.54) is 0 Å². The first-order chi connectivity index (χ1) is 8.11. The van der Waals surface area contributed by atoms with Crippen LogP contribution < -0.4 is 14.2 Å². The molecule has 0 fully saturated rings. The van der Waals surface area contributed by atoms with Gasteiger partial charge in [-0.15, -0.1) is 0 Å². The summed E-state index contributed by atoms with van der Waals surface area (Å²) >= 11 is 0. The highest BCUT2D eigenvalue weighted by Crippen LogP contribution is 2.32. The number of hydrogen-bond acceptors (Lipinski definition) is 5. The molecule has 6 nitrogen and oxygen atoms in total. The highest BCUT2D eigenvalue weighted by atomic mass is 32.2. The monoisotopic (exact) mass is 254 g/mol. The van der Waals surface area contributed by atoms with Crippen LogP contribution in [0.4, 0.5) is 0 Å². The Morgan fingerprint density at radius 1 is 1.35 bits per heavy atom. The minimum atomic E-state index is -3.53. The lowest BCUT2D eigenvalue weighted by Crippen LogP contribution is -2.25. The highest BCUT2D eigenvalue weighted by Gasteiger charge is 2.14. The second kappa shape index (κ2) is 4.61. The van der Waals surface area contributed by atoms with Gasteiger partial charge in [0.05, 0.1) is 6.07 Å². The molecule has 0 atom stereocenters. The van der Waals surface area contributed by atoms with Crippen LogP contribution in [-0.2, 0) is 16.6 Å². The summed E-state index contributed by atoms with van der Waals surface area (Å²) in [6.45, 7) is 0.305. The van der Waals surface area contributed by atoms with Crippen molar-refractivity contribution in [3.63, 3.8) is 0 Å². The zero-order valence-corrected chi connectivity index (χ0v) is 9.66. The summed E-state index contributed by atoms with van der Waals surface area (Å²) in [6, 6.07) is 6.75. The molecule has 0 radical (unpaired) electrons. The lowest BCUT2D eigenvalue weighted by molar-refractivity contribution is 0.174. The SMILES string of the molecule is N#CCS(=O)(=O)NCc1ccc2c(c1)OCO2. The van der Waals surface area contributed by atoms with Gasteiger partial charge in [-0.25, -0.2) is 13.1 Å². The van der Waals surface area contributed by atoms with Gasteiger partial charge in [-0.2, -0.15) is 5.26 Å². The van der Waals surface area contributed by atoms with Crippen molar-refractivity contribution in [3.8, 4) is 17.6 Å². The first-order valence-electron chi connectivity index (χ1n) is 4.83. The number of nitrogens with zero attached hydrogens (tertiary/aromatic N) is 1. The van der Waals surface area contributed by atoms with Gasteiger partial charge < -0.3 is 9.47 Å². The van der Waals surface area contributed by atoms with E-state index < -0.39 is 15.8 Å². The third-order valence-corrected chi connectivity index (χ3v) is 3.28. The molecule has 0 saturated heterocycles. The van der Waals surface area contributed by atoms with Crippen molar-refractivity contribution in [1.29, 1.82) is 5.26 Å². The number of sulfonamides is 1. The average molecular weight is 254 g/mol. The number of nitrogens with one attached hydrogen (secondary N) is 1. The number of hydrogen-bond donors (Lipinski definition) is 1. The predicted octanol–water partition coefficient (Wildman–Crippen LogP) is 0.358. The number of nitriles is 1. The van der Waals surface area contributed by atoms with Crippen LogP contribution in [0.15, 0.2) is 18.2 Å². The van der Waals surface area contributed by atoms with Crippen LogP contribution in [0, 0.1) is 11.3 Å². The maximum atomic E-state index is 11.2. The smallest absolute Gasteiger partial charge is 0.231 e. The standard InChI is InChI=1S/C10H10N2O4S/c11-3-4-17(13,14)12-6-8-1-2-9-10(5-8)16-7-15-9/h1-2,5,12H,4,6-7H2. The fraction of sp³-hybridized carbons (Fsp3) is 0.300. The zero-order chi connectivity index (χ0) is 12.3. The highest BCUT2D eigenvalue weighted by molar-refractivity contribution is 7.89. The average Bonchev–Trinajstić information content (AvgIpc) is 2.73. The lowest BCUT2D eigenvalue weighted by Gasteiger charge is -2.04. The number of fused-ring (bicyclic) bond motifs is 1. The minimum Gasteiger partial charge on any atom is -0.454 e. The van der Waals surface area contributed by atoms with E-state index in [1.807, 2.05) is 0 Å². The Balaban J connectivity index is 2.03. The van der Waals surface area contributed by atoms with Crippen LogP contribution in [0.5, 0.6) is 11.5 Å². The van der Waals surface area contributed by atoms with Gasteiger partial charge in [0.25, 0.3) is 0 Å². The Morgan fingerprint density at radius 3 is 2.88 bits per heavy atom. The second-order valence-electron chi connectivity index (χ2n) is 3.43. The Bertz CT molecular complexity index is 562. The summed E-state index contributed by atoms with van der Waals surface area (Å²) < 4.78 is 35.1. The third-order valence-electron chi connectivity index (χ3n) is 2.19. The van der Waals surface area contributed by atoms with Gasteiger partial charge in [-0.05, 0) is 17.7 Å². The van der Waals surface area contributed by atoms with Gasteiger partial charge in [-0.3, -0.25) is 0 Å². The fourth-order valence-corrected chi connectivity index (χ4v) is 2.04. The first-order valence-corrected chi connectivity index (χ1v) is 6.49. The van der Waals surface area contributed by atoms with E-state index >= 15 is 0 Å². The molecule has 0 unspecified atom stereocenters. The Morgan fingerprint density at radius 2 is 2.12 bits per heavy atom. The minimum absolute atomic E-state index is 0.126. The van der Waals surface area contributed by atoms with Gasteiger partial charge in [0.2, 0.25) is 16.8 Å². The number of ether oxygens (including phenoxy) is 2. The summed E-state index contributed by atoms with van der Waals surface area (Å²) in [5.41, 5.74) is 0.746. The van der Waals surface area contributed by atoms with Crippen molar-refractivity contribution in [1.82, 2.24) is 4.72 Å². The molecule has 0 aromatic heterocycles. The predicted molar refractivity (Wildman–Crippen MR) is 58.8 cm³/mol. The maximum Gasteiger partial charge on any atom is 0.231 e. The maximum absolute atomic E-state index is 11.2.